The molecule has 2 N–H and O–H groups in total. The summed E-state index contributed by atoms with van der Waals surface area (Å²) in [5.41, 5.74) is 11.2. The van der Waals surface area contributed by atoms with Crippen LogP contribution in [-0.2, 0) is 4.79 Å². The van der Waals surface area contributed by atoms with Crippen molar-refractivity contribution in [1.82, 2.24) is 15.8 Å². The molecule has 1 amide bonds. The Labute approximate surface area is 171 Å². The number of aryl methyl sites for hydroxylation is 2. The van der Waals surface area contributed by atoms with Crippen molar-refractivity contribution in [2.24, 2.45) is 5.92 Å². The van der Waals surface area contributed by atoms with Crippen LogP contribution in [-0.4, -0.2) is 43.5 Å². The average molecular weight is 399 g/mol. The molecule has 28 heavy (non-hydrogen) atoms. The number of anilines is 1. The van der Waals surface area contributed by atoms with Gasteiger partial charge in [-0.2, -0.15) is 0 Å². The smallest absolute Gasteiger partial charge is 0.229 e. The fourth-order valence-corrected chi connectivity index (χ4v) is 4.31. The van der Waals surface area contributed by atoms with Gasteiger partial charge in [0.15, 0.2) is 0 Å². The number of rotatable bonds is 3. The van der Waals surface area contributed by atoms with Crippen LogP contribution in [0.25, 0.3) is 0 Å². The monoisotopic (exact) mass is 398 g/mol. The number of piperazine rings is 1. The molecule has 2 saturated heterocycles. The molecule has 148 valence electrons. The molecule has 2 atom stereocenters. The minimum atomic E-state index is -0.0813. The maximum Gasteiger partial charge on any atom is 0.229 e. The van der Waals surface area contributed by atoms with Gasteiger partial charge in [0.2, 0.25) is 5.91 Å². The summed E-state index contributed by atoms with van der Waals surface area (Å²) in [6.45, 7) is 7.97. The van der Waals surface area contributed by atoms with Crippen molar-refractivity contribution < 1.29 is 4.79 Å². The molecule has 2 aromatic carbocycles. The molecule has 2 aromatic rings. The number of hydrazine groups is 1. The van der Waals surface area contributed by atoms with Crippen LogP contribution >= 0.6 is 11.6 Å². The van der Waals surface area contributed by atoms with Crippen LogP contribution in [0, 0.1) is 19.8 Å². The molecule has 6 heteroatoms. The van der Waals surface area contributed by atoms with E-state index in [1.165, 1.54) is 16.8 Å². The molecular formula is C22H27ClN4O. The van der Waals surface area contributed by atoms with Crippen LogP contribution in [0.4, 0.5) is 5.69 Å². The van der Waals surface area contributed by atoms with Crippen molar-refractivity contribution in [1.29, 1.82) is 0 Å². The van der Waals surface area contributed by atoms with Crippen molar-refractivity contribution in [3.05, 3.63) is 64.2 Å². The van der Waals surface area contributed by atoms with Gasteiger partial charge in [-0.3, -0.25) is 10.2 Å². The van der Waals surface area contributed by atoms with E-state index < -0.39 is 0 Å². The number of hydrogen-bond acceptors (Lipinski definition) is 4. The van der Waals surface area contributed by atoms with E-state index >= 15 is 0 Å². The second kappa shape index (κ2) is 8.11. The molecule has 5 nitrogen and oxygen atoms in total. The highest BCUT2D eigenvalue weighted by Gasteiger charge is 2.37. The van der Waals surface area contributed by atoms with Gasteiger partial charge in [0.05, 0.1) is 12.0 Å². The first-order chi connectivity index (χ1) is 13.5. The van der Waals surface area contributed by atoms with Crippen LogP contribution in [0.1, 0.15) is 22.7 Å². The number of nitrogens with zero attached hydrogens (tertiary/aromatic N) is 2. The zero-order chi connectivity index (χ0) is 19.7. The number of carbonyl (C=O) groups is 1. The first kappa shape index (κ1) is 19.2. The maximum atomic E-state index is 13.2. The molecule has 2 aliphatic heterocycles. The summed E-state index contributed by atoms with van der Waals surface area (Å²) >= 11 is 6.18. The zero-order valence-electron chi connectivity index (χ0n) is 16.4. The standard InChI is InChI=1S/C22H27ClN4O/c1-15-3-6-17(7-4-15)21-19(14-24-25-21)22(28)27-11-9-26(10-12-27)20-13-18(23)8-5-16(20)2/h3-8,13,19,21,24-25H,9-12,14H2,1-2H3. The van der Waals surface area contributed by atoms with Crippen molar-refractivity contribution in [2.75, 3.05) is 37.6 Å². The van der Waals surface area contributed by atoms with Gasteiger partial charge in [-0.15, -0.1) is 0 Å². The van der Waals surface area contributed by atoms with Gasteiger partial charge < -0.3 is 9.80 Å². The minimum absolute atomic E-state index is 0.0151. The van der Waals surface area contributed by atoms with E-state index in [0.717, 1.165) is 36.8 Å². The molecule has 0 radical (unpaired) electrons. The number of carbonyl (C=O) groups excluding carboxylic acids is 1. The highest BCUT2D eigenvalue weighted by molar-refractivity contribution is 6.30. The van der Waals surface area contributed by atoms with Gasteiger partial charge >= 0.3 is 0 Å². The van der Waals surface area contributed by atoms with Crippen LogP contribution in [0.15, 0.2) is 42.5 Å². The highest BCUT2D eigenvalue weighted by Crippen LogP contribution is 2.29. The molecular weight excluding hydrogens is 372 g/mol. The molecule has 2 aliphatic rings. The maximum absolute atomic E-state index is 13.2. The Morgan fingerprint density at radius 3 is 2.46 bits per heavy atom. The Hall–Kier alpha value is -2.08. The normalized spacial score (nSPS) is 22.5. The SMILES string of the molecule is Cc1ccc(C2NNCC2C(=O)N2CCN(c3cc(Cl)ccc3C)CC2)cc1. The molecule has 0 aromatic heterocycles. The summed E-state index contributed by atoms with van der Waals surface area (Å²) in [6.07, 6.45) is 0. The summed E-state index contributed by atoms with van der Waals surface area (Å²) < 4.78 is 0. The summed E-state index contributed by atoms with van der Waals surface area (Å²) in [4.78, 5) is 17.6. The minimum Gasteiger partial charge on any atom is -0.368 e. The Kier molecular flexibility index (Phi) is 5.58. The van der Waals surface area contributed by atoms with E-state index in [-0.39, 0.29) is 17.9 Å². The van der Waals surface area contributed by atoms with Crippen molar-refractivity contribution >= 4 is 23.2 Å². The summed E-state index contributed by atoms with van der Waals surface area (Å²) in [6, 6.07) is 14.4. The van der Waals surface area contributed by atoms with Crippen molar-refractivity contribution in [3.63, 3.8) is 0 Å². The zero-order valence-corrected chi connectivity index (χ0v) is 17.2. The molecule has 4 rings (SSSR count). The van der Waals surface area contributed by atoms with E-state index in [1.54, 1.807) is 0 Å². The van der Waals surface area contributed by atoms with Crippen LogP contribution < -0.4 is 15.8 Å². The van der Waals surface area contributed by atoms with Gasteiger partial charge in [0.1, 0.15) is 0 Å². The number of hydrogen-bond donors (Lipinski definition) is 2. The summed E-state index contributed by atoms with van der Waals surface area (Å²) in [7, 11) is 0. The lowest BCUT2D eigenvalue weighted by molar-refractivity contribution is -0.135. The fourth-order valence-electron chi connectivity index (χ4n) is 4.14. The third kappa shape index (κ3) is 3.88. The summed E-state index contributed by atoms with van der Waals surface area (Å²) in [5.74, 6) is 0.146. The van der Waals surface area contributed by atoms with E-state index in [4.69, 9.17) is 11.6 Å². The lowest BCUT2D eigenvalue weighted by Gasteiger charge is -2.38. The summed E-state index contributed by atoms with van der Waals surface area (Å²) in [5, 5.41) is 0.753. The van der Waals surface area contributed by atoms with E-state index in [0.29, 0.717) is 6.54 Å². The molecule has 2 unspecified atom stereocenters. The number of benzene rings is 2. The average Bonchev–Trinajstić information content (AvgIpc) is 3.20. The quantitative estimate of drug-likeness (QED) is 0.834. The Bertz CT molecular complexity index is 846. The lowest BCUT2D eigenvalue weighted by atomic mass is 9.93. The van der Waals surface area contributed by atoms with Gasteiger partial charge in [0.25, 0.3) is 0 Å². The van der Waals surface area contributed by atoms with Crippen LogP contribution in [0.3, 0.4) is 0 Å². The van der Waals surface area contributed by atoms with E-state index in [2.05, 4.69) is 59.9 Å². The second-order valence-corrected chi connectivity index (χ2v) is 8.20. The van der Waals surface area contributed by atoms with Gasteiger partial charge in [-0.1, -0.05) is 47.5 Å². The van der Waals surface area contributed by atoms with Gasteiger partial charge in [-0.05, 0) is 37.1 Å². The largest absolute Gasteiger partial charge is 0.368 e. The number of halogens is 1. The first-order valence-electron chi connectivity index (χ1n) is 9.88. The third-order valence-corrected chi connectivity index (χ3v) is 6.07. The van der Waals surface area contributed by atoms with E-state index in [9.17, 15) is 4.79 Å². The van der Waals surface area contributed by atoms with Gasteiger partial charge in [0, 0.05) is 43.4 Å². The molecule has 0 saturated carbocycles. The van der Waals surface area contributed by atoms with Crippen LogP contribution in [0.2, 0.25) is 5.02 Å². The second-order valence-electron chi connectivity index (χ2n) is 7.76. The Morgan fingerprint density at radius 1 is 1.04 bits per heavy atom. The lowest BCUT2D eigenvalue weighted by Crippen LogP contribution is -2.51. The number of nitrogens with one attached hydrogen (secondary N) is 2. The fraction of sp³-hybridized carbons (Fsp3) is 0.409. The Balaban J connectivity index is 1.42. The van der Waals surface area contributed by atoms with Gasteiger partial charge in [-0.25, -0.2) is 5.43 Å². The van der Waals surface area contributed by atoms with Crippen LogP contribution in [0.5, 0.6) is 0 Å². The molecule has 0 bridgehead atoms. The molecule has 2 fully saturated rings. The predicted octanol–water partition coefficient (Wildman–Crippen LogP) is 3.07. The number of amides is 1. The molecule has 0 aliphatic carbocycles. The molecule has 0 spiro atoms. The van der Waals surface area contributed by atoms with E-state index in [1.807, 2.05) is 17.0 Å². The van der Waals surface area contributed by atoms with Crippen molar-refractivity contribution in [3.8, 4) is 0 Å². The first-order valence-corrected chi connectivity index (χ1v) is 10.3. The molecule has 2 heterocycles. The third-order valence-electron chi connectivity index (χ3n) is 5.84. The predicted molar refractivity (Wildman–Crippen MR) is 114 cm³/mol. The van der Waals surface area contributed by atoms with Crippen molar-refractivity contribution in [2.45, 2.75) is 19.9 Å². The topological polar surface area (TPSA) is 47.6 Å². The Morgan fingerprint density at radius 2 is 1.75 bits per heavy atom. The highest BCUT2D eigenvalue weighted by atomic mass is 35.5.